The van der Waals surface area contributed by atoms with Crippen LogP contribution in [-0.4, -0.2) is 83.5 Å². The summed E-state index contributed by atoms with van der Waals surface area (Å²) in [4.78, 5) is 41.7. The van der Waals surface area contributed by atoms with E-state index in [1.807, 2.05) is 19.9 Å². The molecule has 6 rings (SSSR count). The lowest BCUT2D eigenvalue weighted by atomic mass is 9.46. The molecule has 44 heavy (non-hydrogen) atoms. The maximum absolute atomic E-state index is 14.6. The predicted octanol–water partition coefficient (Wildman–Crippen LogP) is 4.08. The average Bonchev–Trinajstić information content (AvgIpc) is 3.47. The van der Waals surface area contributed by atoms with E-state index in [4.69, 9.17) is 14.2 Å². The molecule has 3 saturated carbocycles. The smallest absolute Gasteiger partial charge is 0.238 e. The van der Waals surface area contributed by atoms with Gasteiger partial charge in [-0.15, -0.1) is 0 Å². The lowest BCUT2D eigenvalue weighted by Gasteiger charge is -2.59. The number of Topliss-reactive ketones (excluding diaryl/α,β-unsaturated/α-hetero) is 1. The third-order valence-corrected chi connectivity index (χ3v) is 12.1. The minimum absolute atomic E-state index is 0.0117. The second-order valence-electron chi connectivity index (χ2n) is 15.0. The highest BCUT2D eigenvalue weighted by molar-refractivity contribution is 6.01. The number of aliphatic hydroxyl groups is 1. The van der Waals surface area contributed by atoms with Gasteiger partial charge in [-0.25, -0.2) is 0 Å². The van der Waals surface area contributed by atoms with Gasteiger partial charge in [-0.2, -0.15) is 0 Å². The van der Waals surface area contributed by atoms with Crippen molar-refractivity contribution >= 4 is 17.5 Å². The molecule has 0 spiro atoms. The zero-order chi connectivity index (χ0) is 31.4. The third-order valence-electron chi connectivity index (χ3n) is 12.1. The van der Waals surface area contributed by atoms with Crippen LogP contribution in [0.3, 0.4) is 0 Å². The minimum atomic E-state index is -1.22. The Labute approximate surface area is 262 Å². The number of hydrogen-bond acceptors (Lipinski definition) is 8. The van der Waals surface area contributed by atoms with Crippen LogP contribution >= 0.6 is 0 Å². The molecule has 2 unspecified atom stereocenters. The average molecular weight is 613 g/mol. The summed E-state index contributed by atoms with van der Waals surface area (Å²) >= 11 is 0. The summed E-state index contributed by atoms with van der Waals surface area (Å²) < 4.78 is 19.7. The quantitative estimate of drug-likeness (QED) is 0.401. The largest absolute Gasteiger partial charge is 0.393 e. The van der Waals surface area contributed by atoms with Gasteiger partial charge in [-0.3, -0.25) is 14.4 Å². The maximum atomic E-state index is 14.6. The first-order valence-corrected chi connectivity index (χ1v) is 17.1. The summed E-state index contributed by atoms with van der Waals surface area (Å²) in [6.45, 7) is 11.1. The molecule has 0 bridgehead atoms. The van der Waals surface area contributed by atoms with Crippen LogP contribution in [0.25, 0.3) is 0 Å². The number of nitrogens with one attached hydrogen (secondary N) is 1. The zero-order valence-corrected chi connectivity index (χ0v) is 27.2. The van der Waals surface area contributed by atoms with Crippen molar-refractivity contribution in [3.8, 4) is 0 Å². The lowest BCUT2D eigenvalue weighted by Crippen LogP contribution is -2.64. The number of likely N-dealkylation sites (tertiary alicyclic amines) is 1. The van der Waals surface area contributed by atoms with Crippen molar-refractivity contribution in [2.45, 2.75) is 129 Å². The maximum Gasteiger partial charge on any atom is 0.238 e. The predicted molar refractivity (Wildman–Crippen MR) is 164 cm³/mol. The Morgan fingerprint density at radius 2 is 2.02 bits per heavy atom. The van der Waals surface area contributed by atoms with Crippen LogP contribution in [0.2, 0.25) is 0 Å². The molecule has 9 heteroatoms. The van der Waals surface area contributed by atoms with Crippen LogP contribution in [-0.2, 0) is 28.6 Å². The molecule has 0 aromatic carbocycles. The van der Waals surface area contributed by atoms with Gasteiger partial charge in [0.2, 0.25) is 5.91 Å². The molecule has 2 saturated heterocycles. The van der Waals surface area contributed by atoms with E-state index < -0.39 is 35.7 Å². The Bertz CT molecular complexity index is 1220. The van der Waals surface area contributed by atoms with Crippen molar-refractivity contribution in [2.75, 3.05) is 19.7 Å². The molecule has 244 valence electrons. The number of nitrogens with zero attached hydrogens (tertiary/aromatic N) is 1. The van der Waals surface area contributed by atoms with Crippen LogP contribution < -0.4 is 5.32 Å². The van der Waals surface area contributed by atoms with Gasteiger partial charge in [0.1, 0.15) is 12.8 Å². The van der Waals surface area contributed by atoms with Crippen LogP contribution in [0.5, 0.6) is 0 Å². The Morgan fingerprint density at radius 1 is 1.23 bits per heavy atom. The molecule has 2 N–H and O–H groups in total. The van der Waals surface area contributed by atoms with Crippen molar-refractivity contribution in [3.63, 3.8) is 0 Å². The number of carbonyl (C=O) groups is 3. The number of allylic oxidation sites excluding steroid dienone is 4. The van der Waals surface area contributed by atoms with Crippen molar-refractivity contribution in [1.82, 2.24) is 10.2 Å². The van der Waals surface area contributed by atoms with E-state index in [0.717, 1.165) is 37.7 Å². The summed E-state index contributed by atoms with van der Waals surface area (Å²) in [5, 5.41) is 15.2. The SMILES string of the molecule is CCCC1O[C@@H]2C[C@H]3[C@@H]4CCC5=CC(=O)C=C[C@]5(C)[C@H]4[C@@H](O)C[C@]3(C)[C@]2(C(=O)COC2CCCCN2C(=O)CNC(C)C)O1. The minimum Gasteiger partial charge on any atom is -0.393 e. The number of piperidine rings is 1. The molecule has 10 atom stereocenters. The van der Waals surface area contributed by atoms with Crippen LogP contribution in [0, 0.1) is 28.6 Å². The van der Waals surface area contributed by atoms with Crippen molar-refractivity contribution in [1.29, 1.82) is 0 Å². The van der Waals surface area contributed by atoms with Crippen molar-refractivity contribution in [3.05, 3.63) is 23.8 Å². The summed E-state index contributed by atoms with van der Waals surface area (Å²) in [6, 6.07) is 0.198. The first kappa shape index (κ1) is 32.0. The van der Waals surface area contributed by atoms with Gasteiger partial charge in [0.05, 0.1) is 18.8 Å². The van der Waals surface area contributed by atoms with E-state index in [1.54, 1.807) is 17.1 Å². The number of hydrogen-bond donors (Lipinski definition) is 2. The Hall–Kier alpha value is -1.91. The van der Waals surface area contributed by atoms with Gasteiger partial charge < -0.3 is 29.5 Å². The topological polar surface area (TPSA) is 114 Å². The molecule has 0 aromatic rings. The Balaban J connectivity index is 1.26. The number of ether oxygens (including phenoxy) is 3. The molecule has 2 heterocycles. The fourth-order valence-corrected chi connectivity index (χ4v) is 10.0. The molecule has 1 amide bonds. The summed E-state index contributed by atoms with van der Waals surface area (Å²) in [6.07, 6.45) is 10.3. The van der Waals surface area contributed by atoms with E-state index in [-0.39, 0.29) is 59.8 Å². The molecule has 0 radical (unpaired) electrons. The summed E-state index contributed by atoms with van der Waals surface area (Å²) in [7, 11) is 0. The Morgan fingerprint density at radius 3 is 2.77 bits per heavy atom. The standard InChI is InChI=1S/C35H52N2O7/c1-6-9-31-43-28-17-25-24-12-11-22-16-23(38)13-14-33(22,4)32(24)26(39)18-34(25,5)35(28,44-31)27(40)20-42-30-10-7-8-15-37(30)29(41)19-36-21(2)3/h13-14,16,21,24-26,28,30-32,36,39H,6-12,15,17-20H2,1-5H3/t24-,25-,26-,28+,30?,31?,32+,33-,34-,35+/m0/s1. The van der Waals surface area contributed by atoms with Gasteiger partial charge in [0.15, 0.2) is 23.5 Å². The number of amides is 1. The molecule has 9 nitrogen and oxygen atoms in total. The first-order valence-electron chi connectivity index (χ1n) is 17.1. The van der Waals surface area contributed by atoms with E-state index in [1.165, 1.54) is 0 Å². The zero-order valence-electron chi connectivity index (χ0n) is 27.2. The molecule has 6 aliphatic rings. The number of rotatable bonds is 9. The Kier molecular flexibility index (Phi) is 8.76. The summed E-state index contributed by atoms with van der Waals surface area (Å²) in [5.41, 5.74) is -1.14. The third kappa shape index (κ3) is 5.05. The van der Waals surface area contributed by atoms with E-state index in [9.17, 15) is 19.5 Å². The second kappa shape index (κ2) is 12.0. The summed E-state index contributed by atoms with van der Waals surface area (Å²) in [5.74, 6) is 0.107. The number of aliphatic hydroxyl groups excluding tert-OH is 1. The number of carbonyl (C=O) groups excluding carboxylic acids is 3. The van der Waals surface area contributed by atoms with Gasteiger partial charge >= 0.3 is 0 Å². The number of ketones is 2. The van der Waals surface area contributed by atoms with Crippen LogP contribution in [0.15, 0.2) is 23.8 Å². The lowest BCUT2D eigenvalue weighted by molar-refractivity contribution is -0.204. The molecular weight excluding hydrogens is 560 g/mol. The van der Waals surface area contributed by atoms with Crippen LogP contribution in [0.1, 0.15) is 92.4 Å². The highest BCUT2D eigenvalue weighted by Gasteiger charge is 2.75. The van der Waals surface area contributed by atoms with E-state index in [2.05, 4.69) is 26.1 Å². The highest BCUT2D eigenvalue weighted by atomic mass is 16.7. The van der Waals surface area contributed by atoms with Gasteiger partial charge in [-0.1, -0.05) is 52.7 Å². The second-order valence-corrected chi connectivity index (χ2v) is 15.0. The molecular formula is C35H52N2O7. The molecule has 2 aliphatic heterocycles. The van der Waals surface area contributed by atoms with Gasteiger partial charge in [0, 0.05) is 29.3 Å². The monoisotopic (exact) mass is 612 g/mol. The van der Waals surface area contributed by atoms with Crippen molar-refractivity contribution < 1.29 is 33.7 Å². The van der Waals surface area contributed by atoms with Crippen molar-refractivity contribution in [2.24, 2.45) is 28.6 Å². The fourth-order valence-electron chi connectivity index (χ4n) is 10.0. The molecule has 5 fully saturated rings. The van der Waals surface area contributed by atoms with Crippen LogP contribution in [0.4, 0.5) is 0 Å². The van der Waals surface area contributed by atoms with Gasteiger partial charge in [-0.05, 0) is 75.4 Å². The normalized spacial score (nSPS) is 42.9. The number of fused-ring (bicyclic) bond motifs is 7. The van der Waals surface area contributed by atoms with E-state index >= 15 is 0 Å². The first-order chi connectivity index (χ1) is 20.9. The van der Waals surface area contributed by atoms with E-state index in [0.29, 0.717) is 32.2 Å². The highest BCUT2D eigenvalue weighted by Crippen LogP contribution is 2.69. The van der Waals surface area contributed by atoms with Gasteiger partial charge in [0.25, 0.3) is 0 Å². The molecule has 0 aromatic heterocycles. The molecule has 4 aliphatic carbocycles. The fraction of sp³-hybridized carbons (Fsp3) is 0.800.